The largest absolute Gasteiger partial charge is 0.396 e. The molecule has 0 amide bonds. The van der Waals surface area contributed by atoms with Gasteiger partial charge in [-0.05, 0) is 19.3 Å². The minimum atomic E-state index is 0.156. The number of aliphatic hydroxyl groups is 1. The van der Waals surface area contributed by atoms with E-state index in [1.54, 1.807) is 0 Å². The second-order valence-electron chi connectivity index (χ2n) is 3.25. The van der Waals surface area contributed by atoms with Crippen LogP contribution in [0.5, 0.6) is 0 Å². The molecule has 1 aromatic heterocycles. The van der Waals surface area contributed by atoms with Gasteiger partial charge in [0.1, 0.15) is 0 Å². The zero-order valence-electron chi connectivity index (χ0n) is 6.98. The molecule has 0 aromatic carbocycles. The van der Waals surface area contributed by atoms with Crippen molar-refractivity contribution in [1.29, 1.82) is 0 Å². The molecule has 0 radical (unpaired) electrons. The highest BCUT2D eigenvalue weighted by atomic mass is 16.3. The molecule has 1 aliphatic carbocycles. The van der Waals surface area contributed by atoms with Gasteiger partial charge in [0.05, 0.1) is 11.7 Å². The molecular formula is C8H13N3O. The van der Waals surface area contributed by atoms with E-state index in [0.717, 1.165) is 5.69 Å². The summed E-state index contributed by atoms with van der Waals surface area (Å²) >= 11 is 0. The normalized spacial score (nSPS) is 17.8. The summed E-state index contributed by atoms with van der Waals surface area (Å²) in [6.07, 6.45) is 6.32. The Labute approximate surface area is 71.2 Å². The number of hydrogen-bond donors (Lipinski definition) is 1. The Morgan fingerprint density at radius 2 is 2.42 bits per heavy atom. The standard InChI is InChI=1S/C8H13N3O/c12-5-4-7-6-11(10-9-7)8-2-1-3-8/h6,8,12H,1-5H2. The molecule has 0 aliphatic heterocycles. The fraction of sp³-hybridized carbons (Fsp3) is 0.750. The van der Waals surface area contributed by atoms with Gasteiger partial charge in [-0.1, -0.05) is 5.21 Å². The van der Waals surface area contributed by atoms with Crippen molar-refractivity contribution in [3.63, 3.8) is 0 Å². The van der Waals surface area contributed by atoms with Gasteiger partial charge in [0.15, 0.2) is 0 Å². The Morgan fingerprint density at radius 3 is 3.00 bits per heavy atom. The third kappa shape index (κ3) is 1.34. The van der Waals surface area contributed by atoms with Crippen LogP contribution in [0.2, 0.25) is 0 Å². The predicted octanol–water partition coefficient (Wildman–Crippen LogP) is 0.538. The SMILES string of the molecule is OCCc1cn(C2CCC2)nn1. The smallest absolute Gasteiger partial charge is 0.0850 e. The highest BCUT2D eigenvalue weighted by molar-refractivity contribution is 4.94. The van der Waals surface area contributed by atoms with Gasteiger partial charge < -0.3 is 5.11 Å². The molecule has 1 heterocycles. The molecule has 1 saturated carbocycles. The maximum Gasteiger partial charge on any atom is 0.0850 e. The highest BCUT2D eigenvalue weighted by Crippen LogP contribution is 2.30. The van der Waals surface area contributed by atoms with E-state index in [9.17, 15) is 0 Å². The van der Waals surface area contributed by atoms with Gasteiger partial charge in [0.2, 0.25) is 0 Å². The lowest BCUT2D eigenvalue weighted by Crippen LogP contribution is -2.17. The minimum Gasteiger partial charge on any atom is -0.396 e. The van der Waals surface area contributed by atoms with E-state index in [2.05, 4.69) is 10.3 Å². The van der Waals surface area contributed by atoms with Crippen molar-refractivity contribution in [2.24, 2.45) is 0 Å². The lowest BCUT2D eigenvalue weighted by Gasteiger charge is -2.24. The number of aliphatic hydroxyl groups excluding tert-OH is 1. The molecule has 0 bridgehead atoms. The summed E-state index contributed by atoms with van der Waals surface area (Å²) < 4.78 is 1.93. The molecule has 0 atom stereocenters. The quantitative estimate of drug-likeness (QED) is 0.714. The molecule has 1 aromatic rings. The number of hydrogen-bond acceptors (Lipinski definition) is 3. The molecule has 1 aliphatic rings. The second kappa shape index (κ2) is 3.23. The van der Waals surface area contributed by atoms with Crippen LogP contribution in [0.1, 0.15) is 31.0 Å². The monoisotopic (exact) mass is 167 g/mol. The van der Waals surface area contributed by atoms with Crippen LogP contribution in [0.25, 0.3) is 0 Å². The highest BCUT2D eigenvalue weighted by Gasteiger charge is 2.20. The second-order valence-corrected chi connectivity index (χ2v) is 3.25. The average Bonchev–Trinajstić information content (AvgIpc) is 2.34. The van der Waals surface area contributed by atoms with Gasteiger partial charge in [-0.25, -0.2) is 4.68 Å². The maximum absolute atomic E-state index is 8.66. The van der Waals surface area contributed by atoms with Gasteiger partial charge in [-0.2, -0.15) is 0 Å². The van der Waals surface area contributed by atoms with Crippen molar-refractivity contribution >= 4 is 0 Å². The van der Waals surface area contributed by atoms with Crippen molar-refractivity contribution in [1.82, 2.24) is 15.0 Å². The lowest BCUT2D eigenvalue weighted by atomic mass is 9.93. The van der Waals surface area contributed by atoms with Crippen molar-refractivity contribution in [3.8, 4) is 0 Å². The summed E-state index contributed by atoms with van der Waals surface area (Å²) in [7, 11) is 0. The fourth-order valence-electron chi connectivity index (χ4n) is 1.37. The number of nitrogens with zero attached hydrogens (tertiary/aromatic N) is 3. The van der Waals surface area contributed by atoms with E-state index < -0.39 is 0 Å². The zero-order valence-corrected chi connectivity index (χ0v) is 6.98. The van der Waals surface area contributed by atoms with Crippen molar-refractivity contribution < 1.29 is 5.11 Å². The first-order chi connectivity index (χ1) is 5.90. The molecule has 4 nitrogen and oxygen atoms in total. The fourth-order valence-corrected chi connectivity index (χ4v) is 1.37. The molecule has 1 fully saturated rings. The Morgan fingerprint density at radius 1 is 1.58 bits per heavy atom. The van der Waals surface area contributed by atoms with Crippen LogP contribution >= 0.6 is 0 Å². The maximum atomic E-state index is 8.66. The Hall–Kier alpha value is -0.900. The van der Waals surface area contributed by atoms with Crippen molar-refractivity contribution in [2.75, 3.05) is 6.61 Å². The Balaban J connectivity index is 2.02. The van der Waals surface area contributed by atoms with Crippen LogP contribution in [-0.4, -0.2) is 26.7 Å². The summed E-state index contributed by atoms with van der Waals surface area (Å²) in [6.45, 7) is 0.156. The molecule has 0 spiro atoms. The summed E-state index contributed by atoms with van der Waals surface area (Å²) in [6, 6.07) is 0.574. The molecule has 0 saturated heterocycles. The molecule has 0 unspecified atom stereocenters. The molecule has 4 heteroatoms. The number of aromatic nitrogens is 3. The molecular weight excluding hydrogens is 154 g/mol. The number of rotatable bonds is 3. The first-order valence-electron chi connectivity index (χ1n) is 4.41. The van der Waals surface area contributed by atoms with Crippen LogP contribution in [-0.2, 0) is 6.42 Å². The van der Waals surface area contributed by atoms with E-state index in [1.165, 1.54) is 19.3 Å². The van der Waals surface area contributed by atoms with E-state index in [-0.39, 0.29) is 6.61 Å². The minimum absolute atomic E-state index is 0.156. The van der Waals surface area contributed by atoms with Crippen LogP contribution in [0.3, 0.4) is 0 Å². The van der Waals surface area contributed by atoms with E-state index in [1.807, 2.05) is 10.9 Å². The van der Waals surface area contributed by atoms with Crippen LogP contribution < -0.4 is 0 Å². The van der Waals surface area contributed by atoms with Gasteiger partial charge >= 0.3 is 0 Å². The van der Waals surface area contributed by atoms with Crippen LogP contribution in [0.4, 0.5) is 0 Å². The van der Waals surface area contributed by atoms with Gasteiger partial charge in [-0.3, -0.25) is 0 Å². The summed E-state index contributed by atoms with van der Waals surface area (Å²) in [5.74, 6) is 0. The average molecular weight is 167 g/mol. The third-order valence-electron chi connectivity index (χ3n) is 2.37. The van der Waals surface area contributed by atoms with Crippen molar-refractivity contribution in [2.45, 2.75) is 31.7 Å². The van der Waals surface area contributed by atoms with E-state index >= 15 is 0 Å². The zero-order chi connectivity index (χ0) is 8.39. The van der Waals surface area contributed by atoms with E-state index in [0.29, 0.717) is 12.5 Å². The molecule has 1 N–H and O–H groups in total. The first kappa shape index (κ1) is 7.73. The Kier molecular flexibility index (Phi) is 2.08. The topological polar surface area (TPSA) is 50.9 Å². The van der Waals surface area contributed by atoms with Crippen molar-refractivity contribution in [3.05, 3.63) is 11.9 Å². The van der Waals surface area contributed by atoms with Crippen LogP contribution in [0.15, 0.2) is 6.20 Å². The molecule has 2 rings (SSSR count). The summed E-state index contributed by atoms with van der Waals surface area (Å²) in [5, 5.41) is 16.6. The third-order valence-corrected chi connectivity index (χ3v) is 2.37. The summed E-state index contributed by atoms with van der Waals surface area (Å²) in [5.41, 5.74) is 0.893. The van der Waals surface area contributed by atoms with E-state index in [4.69, 9.17) is 5.11 Å². The van der Waals surface area contributed by atoms with Gasteiger partial charge in [0.25, 0.3) is 0 Å². The Bertz CT molecular complexity index is 255. The van der Waals surface area contributed by atoms with Gasteiger partial charge in [-0.15, -0.1) is 5.10 Å². The van der Waals surface area contributed by atoms with Gasteiger partial charge in [0, 0.05) is 19.2 Å². The lowest BCUT2D eigenvalue weighted by molar-refractivity contribution is 0.284. The predicted molar refractivity (Wildman–Crippen MR) is 43.7 cm³/mol. The first-order valence-corrected chi connectivity index (χ1v) is 4.41. The summed E-state index contributed by atoms with van der Waals surface area (Å²) in [4.78, 5) is 0. The van der Waals surface area contributed by atoms with Crippen LogP contribution in [0, 0.1) is 0 Å². The molecule has 66 valence electrons. The molecule has 12 heavy (non-hydrogen) atoms.